The maximum Gasteiger partial charge on any atom is 0.338 e. The van der Waals surface area contributed by atoms with Crippen LogP contribution in [0.5, 0.6) is 11.5 Å². The molecule has 0 fully saturated rings. The summed E-state index contributed by atoms with van der Waals surface area (Å²) in [5, 5.41) is 3.44. The summed E-state index contributed by atoms with van der Waals surface area (Å²) in [4.78, 5) is 29.6. The second-order valence-corrected chi connectivity index (χ2v) is 7.90. The summed E-state index contributed by atoms with van der Waals surface area (Å²) < 4.78 is 16.4. The van der Waals surface area contributed by atoms with Gasteiger partial charge in [0.1, 0.15) is 11.5 Å². The Labute approximate surface area is 203 Å². The van der Waals surface area contributed by atoms with Gasteiger partial charge in [-0.3, -0.25) is 4.79 Å². The number of hydrogen-bond acceptors (Lipinski definition) is 6. The van der Waals surface area contributed by atoms with Gasteiger partial charge in [0.2, 0.25) is 0 Å². The van der Waals surface area contributed by atoms with Crippen LogP contribution in [0, 0.1) is 6.92 Å². The van der Waals surface area contributed by atoms with Crippen LogP contribution in [0.4, 0.5) is 5.69 Å². The zero-order valence-corrected chi connectivity index (χ0v) is 19.8. The SMILES string of the molecule is CCOC(=O)c1ccc2nc(-c3cccc(OC)c3)cc(OCC(=O)Nc3cccc(C)c3)c2c1. The second kappa shape index (κ2) is 10.7. The molecule has 0 unspecified atom stereocenters. The molecule has 0 aliphatic carbocycles. The molecule has 1 heterocycles. The number of carbonyl (C=O) groups is 2. The van der Waals surface area contributed by atoms with Crippen molar-refractivity contribution in [3.63, 3.8) is 0 Å². The monoisotopic (exact) mass is 470 g/mol. The van der Waals surface area contributed by atoms with Crippen molar-refractivity contribution in [3.05, 3.63) is 83.9 Å². The molecule has 0 saturated heterocycles. The number of methoxy groups -OCH3 is 1. The molecule has 4 aromatic rings. The number of fused-ring (bicyclic) bond motifs is 1. The molecule has 1 aromatic heterocycles. The molecule has 7 heteroatoms. The van der Waals surface area contributed by atoms with Crippen LogP contribution in [-0.2, 0) is 9.53 Å². The van der Waals surface area contributed by atoms with Crippen LogP contribution in [0.25, 0.3) is 22.2 Å². The second-order valence-electron chi connectivity index (χ2n) is 7.90. The minimum atomic E-state index is -0.436. The van der Waals surface area contributed by atoms with Crippen molar-refractivity contribution in [2.45, 2.75) is 13.8 Å². The van der Waals surface area contributed by atoms with Crippen molar-refractivity contribution in [2.75, 3.05) is 25.6 Å². The molecule has 4 rings (SSSR count). The Morgan fingerprint density at radius 1 is 0.971 bits per heavy atom. The lowest BCUT2D eigenvalue weighted by molar-refractivity contribution is -0.118. The van der Waals surface area contributed by atoms with E-state index in [-0.39, 0.29) is 19.1 Å². The highest BCUT2D eigenvalue weighted by molar-refractivity contribution is 5.97. The molecule has 1 N–H and O–H groups in total. The van der Waals surface area contributed by atoms with Crippen LogP contribution >= 0.6 is 0 Å². The van der Waals surface area contributed by atoms with Crippen molar-refractivity contribution in [2.24, 2.45) is 0 Å². The number of hydrogen-bond donors (Lipinski definition) is 1. The number of aryl methyl sites for hydroxylation is 1. The van der Waals surface area contributed by atoms with Gasteiger partial charge in [-0.05, 0) is 61.9 Å². The molecule has 35 heavy (non-hydrogen) atoms. The molecular formula is C28H26N2O5. The number of nitrogens with one attached hydrogen (secondary N) is 1. The van der Waals surface area contributed by atoms with Crippen LogP contribution in [0.1, 0.15) is 22.8 Å². The molecule has 3 aromatic carbocycles. The third-order valence-corrected chi connectivity index (χ3v) is 5.31. The quantitative estimate of drug-likeness (QED) is 0.346. The molecule has 0 saturated carbocycles. The fourth-order valence-electron chi connectivity index (χ4n) is 3.65. The Kier molecular flexibility index (Phi) is 7.26. The van der Waals surface area contributed by atoms with E-state index in [1.807, 2.05) is 55.5 Å². The lowest BCUT2D eigenvalue weighted by Gasteiger charge is -2.13. The number of pyridine rings is 1. The number of aromatic nitrogens is 1. The van der Waals surface area contributed by atoms with Crippen molar-refractivity contribution in [3.8, 4) is 22.8 Å². The number of benzene rings is 3. The fraction of sp³-hybridized carbons (Fsp3) is 0.179. The van der Waals surface area contributed by atoms with E-state index in [9.17, 15) is 9.59 Å². The van der Waals surface area contributed by atoms with E-state index in [1.165, 1.54) is 0 Å². The van der Waals surface area contributed by atoms with Crippen LogP contribution < -0.4 is 14.8 Å². The number of esters is 1. The zero-order chi connectivity index (χ0) is 24.8. The minimum absolute atomic E-state index is 0.214. The van der Waals surface area contributed by atoms with Crippen molar-refractivity contribution < 1.29 is 23.8 Å². The number of rotatable bonds is 8. The molecule has 0 atom stereocenters. The van der Waals surface area contributed by atoms with Gasteiger partial charge in [0, 0.05) is 22.7 Å². The van der Waals surface area contributed by atoms with E-state index < -0.39 is 5.97 Å². The number of amides is 1. The average Bonchev–Trinajstić information content (AvgIpc) is 2.87. The summed E-state index contributed by atoms with van der Waals surface area (Å²) in [5.41, 5.74) is 4.21. The van der Waals surface area contributed by atoms with Crippen LogP contribution in [-0.4, -0.2) is 37.2 Å². The normalized spacial score (nSPS) is 10.6. The largest absolute Gasteiger partial charge is 0.497 e. The number of nitrogens with zero attached hydrogens (tertiary/aromatic N) is 1. The zero-order valence-electron chi connectivity index (χ0n) is 19.8. The molecule has 178 valence electrons. The van der Waals surface area contributed by atoms with Gasteiger partial charge in [-0.2, -0.15) is 0 Å². The number of anilines is 1. The fourth-order valence-corrected chi connectivity index (χ4v) is 3.65. The molecular weight excluding hydrogens is 444 g/mol. The van der Waals surface area contributed by atoms with Gasteiger partial charge < -0.3 is 19.5 Å². The summed E-state index contributed by atoms with van der Waals surface area (Å²) in [6, 6.07) is 21.9. The maximum atomic E-state index is 12.6. The van der Waals surface area contributed by atoms with E-state index in [4.69, 9.17) is 19.2 Å². The van der Waals surface area contributed by atoms with E-state index in [1.54, 1.807) is 38.3 Å². The number of ether oxygens (including phenoxy) is 3. The van der Waals surface area contributed by atoms with E-state index >= 15 is 0 Å². The van der Waals surface area contributed by atoms with Gasteiger partial charge >= 0.3 is 5.97 Å². The summed E-state index contributed by atoms with van der Waals surface area (Å²) in [6.45, 7) is 3.76. The molecule has 7 nitrogen and oxygen atoms in total. The van der Waals surface area contributed by atoms with Crippen LogP contribution in [0.15, 0.2) is 72.8 Å². The minimum Gasteiger partial charge on any atom is -0.497 e. The standard InChI is InChI=1S/C28H26N2O5/c1-4-34-28(32)20-11-12-24-23(15-20)26(16-25(30-24)19-8-6-10-22(14-19)33-3)35-17-27(31)29-21-9-5-7-18(2)13-21/h5-16H,4,17H2,1-3H3,(H,29,31). The first-order chi connectivity index (χ1) is 17.0. The third-order valence-electron chi connectivity index (χ3n) is 5.31. The predicted molar refractivity (Wildman–Crippen MR) is 135 cm³/mol. The highest BCUT2D eigenvalue weighted by Gasteiger charge is 2.15. The van der Waals surface area contributed by atoms with Crippen LogP contribution in [0.3, 0.4) is 0 Å². The first kappa shape index (κ1) is 23.8. The Bertz CT molecular complexity index is 1380. The lowest BCUT2D eigenvalue weighted by atomic mass is 10.1. The molecule has 1 amide bonds. The van der Waals surface area contributed by atoms with Gasteiger partial charge in [-0.25, -0.2) is 9.78 Å². The lowest BCUT2D eigenvalue weighted by Crippen LogP contribution is -2.20. The molecule has 0 radical (unpaired) electrons. The first-order valence-electron chi connectivity index (χ1n) is 11.2. The molecule has 0 bridgehead atoms. The van der Waals surface area contributed by atoms with Gasteiger partial charge in [0.15, 0.2) is 6.61 Å². The summed E-state index contributed by atoms with van der Waals surface area (Å²) in [7, 11) is 1.60. The summed E-state index contributed by atoms with van der Waals surface area (Å²) in [5.74, 6) is 0.389. The molecule has 0 spiro atoms. The van der Waals surface area contributed by atoms with E-state index in [0.29, 0.717) is 39.3 Å². The van der Waals surface area contributed by atoms with Crippen molar-refractivity contribution >= 4 is 28.5 Å². The first-order valence-corrected chi connectivity index (χ1v) is 11.2. The smallest absolute Gasteiger partial charge is 0.338 e. The van der Waals surface area contributed by atoms with Gasteiger partial charge in [-0.15, -0.1) is 0 Å². The molecule has 0 aliphatic rings. The topological polar surface area (TPSA) is 86.8 Å². The molecule has 0 aliphatic heterocycles. The number of carbonyl (C=O) groups excluding carboxylic acids is 2. The third kappa shape index (κ3) is 5.76. The Hall–Kier alpha value is -4.39. The van der Waals surface area contributed by atoms with Gasteiger partial charge in [-0.1, -0.05) is 24.3 Å². The highest BCUT2D eigenvalue weighted by Crippen LogP contribution is 2.32. The Balaban J connectivity index is 1.68. The van der Waals surface area contributed by atoms with Crippen molar-refractivity contribution in [1.29, 1.82) is 0 Å². The van der Waals surface area contributed by atoms with Crippen molar-refractivity contribution in [1.82, 2.24) is 4.98 Å². The average molecular weight is 471 g/mol. The van der Waals surface area contributed by atoms with Gasteiger partial charge in [0.25, 0.3) is 5.91 Å². The Morgan fingerprint density at radius 2 is 1.80 bits per heavy atom. The highest BCUT2D eigenvalue weighted by atomic mass is 16.5. The summed E-state index contributed by atoms with van der Waals surface area (Å²) >= 11 is 0. The van der Waals surface area contributed by atoms with Gasteiger partial charge in [0.05, 0.1) is 30.5 Å². The van der Waals surface area contributed by atoms with E-state index in [2.05, 4.69) is 5.32 Å². The van der Waals surface area contributed by atoms with Crippen LogP contribution in [0.2, 0.25) is 0 Å². The Morgan fingerprint density at radius 3 is 2.57 bits per heavy atom. The predicted octanol–water partition coefficient (Wildman–Crippen LogP) is 5.41. The van der Waals surface area contributed by atoms with E-state index in [0.717, 1.165) is 11.1 Å². The summed E-state index contributed by atoms with van der Waals surface area (Å²) in [6.07, 6.45) is 0. The maximum absolute atomic E-state index is 12.6.